The average Bonchev–Trinajstić information content (AvgIpc) is 3.35. The van der Waals surface area contributed by atoms with Crippen LogP contribution in [0.2, 0.25) is 0 Å². The molecule has 28 heavy (non-hydrogen) atoms. The van der Waals surface area contributed by atoms with E-state index in [1.807, 2.05) is 25.1 Å². The molecule has 1 aliphatic heterocycles. The largest absolute Gasteiger partial charge is 0.454 e. The second-order valence-electron chi connectivity index (χ2n) is 6.12. The lowest BCUT2D eigenvalue weighted by Crippen LogP contribution is -2.25. The highest BCUT2D eigenvalue weighted by molar-refractivity contribution is 7.09. The van der Waals surface area contributed by atoms with Gasteiger partial charge in [0.15, 0.2) is 11.5 Å². The number of hydrogen-bond donors (Lipinski definition) is 2. The number of aromatic nitrogens is 1. The Kier molecular flexibility index (Phi) is 4.94. The van der Waals surface area contributed by atoms with Crippen LogP contribution in [-0.2, 0) is 6.54 Å². The average molecular weight is 395 g/mol. The molecule has 0 saturated carbocycles. The molecular weight excluding hydrogens is 378 g/mol. The van der Waals surface area contributed by atoms with E-state index in [0.29, 0.717) is 35.0 Å². The Hall–Kier alpha value is -3.39. The Labute approximate surface area is 165 Å². The zero-order valence-electron chi connectivity index (χ0n) is 15.0. The maximum Gasteiger partial charge on any atom is 0.275 e. The quantitative estimate of drug-likeness (QED) is 0.691. The van der Waals surface area contributed by atoms with Crippen LogP contribution in [-0.4, -0.2) is 23.6 Å². The fourth-order valence-electron chi connectivity index (χ4n) is 2.77. The molecule has 0 radical (unpaired) electrons. The van der Waals surface area contributed by atoms with Crippen LogP contribution in [0.15, 0.2) is 47.8 Å². The van der Waals surface area contributed by atoms with E-state index in [-0.39, 0.29) is 18.6 Å². The van der Waals surface area contributed by atoms with Crippen molar-refractivity contribution in [2.24, 2.45) is 0 Å². The molecule has 142 valence electrons. The number of carbonyl (C=O) groups excluding carboxylic acids is 2. The molecule has 3 aromatic rings. The van der Waals surface area contributed by atoms with Gasteiger partial charge in [-0.05, 0) is 36.8 Å². The molecule has 2 N–H and O–H groups in total. The van der Waals surface area contributed by atoms with E-state index >= 15 is 0 Å². The van der Waals surface area contributed by atoms with Crippen molar-refractivity contribution in [3.8, 4) is 11.5 Å². The maximum absolute atomic E-state index is 12.7. The van der Waals surface area contributed by atoms with Crippen molar-refractivity contribution in [3.05, 3.63) is 69.7 Å². The van der Waals surface area contributed by atoms with Crippen molar-refractivity contribution >= 4 is 28.8 Å². The van der Waals surface area contributed by atoms with Crippen LogP contribution in [0, 0.1) is 6.92 Å². The molecule has 0 unspecified atom stereocenters. The van der Waals surface area contributed by atoms with Gasteiger partial charge in [0, 0.05) is 11.9 Å². The lowest BCUT2D eigenvalue weighted by atomic mass is 10.1. The highest BCUT2D eigenvalue weighted by Crippen LogP contribution is 2.32. The van der Waals surface area contributed by atoms with Gasteiger partial charge in [-0.3, -0.25) is 9.59 Å². The van der Waals surface area contributed by atoms with Crippen molar-refractivity contribution in [2.75, 3.05) is 12.1 Å². The molecule has 2 heterocycles. The first-order valence-corrected chi connectivity index (χ1v) is 9.47. The monoisotopic (exact) mass is 395 g/mol. The zero-order chi connectivity index (χ0) is 19.5. The van der Waals surface area contributed by atoms with Crippen molar-refractivity contribution < 1.29 is 19.1 Å². The number of nitrogens with one attached hydrogen (secondary N) is 2. The number of nitrogens with zero attached hydrogens (tertiary/aromatic N) is 1. The van der Waals surface area contributed by atoms with Gasteiger partial charge in [0.2, 0.25) is 6.79 Å². The summed E-state index contributed by atoms with van der Waals surface area (Å²) in [4.78, 5) is 29.2. The number of fused-ring (bicyclic) bond motifs is 1. The number of ether oxygens (including phenoxy) is 2. The van der Waals surface area contributed by atoms with Crippen molar-refractivity contribution in [3.63, 3.8) is 0 Å². The molecule has 0 fully saturated rings. The van der Waals surface area contributed by atoms with Crippen LogP contribution < -0.4 is 20.1 Å². The SMILES string of the molecule is Cc1nc(C(=O)Nc2ccccc2C(=O)NCc2ccc3c(c2)OCO3)cs1. The summed E-state index contributed by atoms with van der Waals surface area (Å²) in [6, 6.07) is 12.4. The van der Waals surface area contributed by atoms with Crippen molar-refractivity contribution in [1.82, 2.24) is 10.3 Å². The van der Waals surface area contributed by atoms with E-state index < -0.39 is 0 Å². The summed E-state index contributed by atoms with van der Waals surface area (Å²) >= 11 is 1.40. The van der Waals surface area contributed by atoms with Gasteiger partial charge in [0.1, 0.15) is 5.69 Å². The summed E-state index contributed by atoms with van der Waals surface area (Å²) in [5, 5.41) is 8.12. The first-order chi connectivity index (χ1) is 13.6. The minimum Gasteiger partial charge on any atom is -0.454 e. The van der Waals surface area contributed by atoms with Crippen LogP contribution in [0.4, 0.5) is 5.69 Å². The summed E-state index contributed by atoms with van der Waals surface area (Å²) in [6.07, 6.45) is 0. The third-order valence-corrected chi connectivity index (χ3v) is 4.94. The van der Waals surface area contributed by atoms with Gasteiger partial charge in [0.05, 0.1) is 16.3 Å². The van der Waals surface area contributed by atoms with Gasteiger partial charge in [-0.25, -0.2) is 4.98 Å². The number of hydrogen-bond acceptors (Lipinski definition) is 6. The molecule has 2 aromatic carbocycles. The van der Waals surface area contributed by atoms with Crippen molar-refractivity contribution in [2.45, 2.75) is 13.5 Å². The summed E-state index contributed by atoms with van der Waals surface area (Å²) in [7, 11) is 0. The number of para-hydroxylation sites is 1. The topological polar surface area (TPSA) is 89.6 Å². The second-order valence-corrected chi connectivity index (χ2v) is 7.18. The van der Waals surface area contributed by atoms with Gasteiger partial charge in [-0.2, -0.15) is 0 Å². The van der Waals surface area contributed by atoms with E-state index in [2.05, 4.69) is 15.6 Å². The highest BCUT2D eigenvalue weighted by Gasteiger charge is 2.17. The first-order valence-electron chi connectivity index (χ1n) is 8.59. The molecule has 1 aliphatic rings. The van der Waals surface area contributed by atoms with Gasteiger partial charge in [0.25, 0.3) is 11.8 Å². The molecule has 0 bridgehead atoms. The summed E-state index contributed by atoms with van der Waals surface area (Å²) in [5.74, 6) is 0.724. The highest BCUT2D eigenvalue weighted by atomic mass is 32.1. The Morgan fingerprint density at radius 2 is 1.93 bits per heavy atom. The number of rotatable bonds is 5. The number of aryl methyl sites for hydroxylation is 1. The van der Waals surface area contributed by atoms with E-state index in [1.54, 1.807) is 29.6 Å². The zero-order valence-corrected chi connectivity index (χ0v) is 15.8. The van der Waals surface area contributed by atoms with Crippen LogP contribution in [0.3, 0.4) is 0 Å². The van der Waals surface area contributed by atoms with Gasteiger partial charge in [-0.1, -0.05) is 18.2 Å². The summed E-state index contributed by atoms with van der Waals surface area (Å²) in [5.41, 5.74) is 2.03. The first kappa shape index (κ1) is 18.0. The minimum atomic E-state index is -0.347. The number of amides is 2. The molecule has 0 aliphatic carbocycles. The number of thiazole rings is 1. The van der Waals surface area contributed by atoms with E-state index in [0.717, 1.165) is 10.6 Å². The molecule has 0 spiro atoms. The molecule has 0 saturated heterocycles. The van der Waals surface area contributed by atoms with Gasteiger partial charge < -0.3 is 20.1 Å². The lowest BCUT2D eigenvalue weighted by Gasteiger charge is -2.11. The maximum atomic E-state index is 12.7. The normalized spacial score (nSPS) is 11.9. The Bertz CT molecular complexity index is 1050. The number of anilines is 1. The fourth-order valence-corrected chi connectivity index (χ4v) is 3.37. The molecule has 0 atom stereocenters. The third-order valence-electron chi connectivity index (χ3n) is 4.16. The number of carbonyl (C=O) groups is 2. The van der Waals surface area contributed by atoms with Crippen molar-refractivity contribution in [1.29, 1.82) is 0 Å². The van der Waals surface area contributed by atoms with Crippen LogP contribution >= 0.6 is 11.3 Å². The Morgan fingerprint density at radius 3 is 2.75 bits per heavy atom. The Morgan fingerprint density at radius 1 is 1.11 bits per heavy atom. The molecule has 7 nitrogen and oxygen atoms in total. The van der Waals surface area contributed by atoms with E-state index in [1.165, 1.54) is 11.3 Å². The number of benzene rings is 2. The molecular formula is C20H17N3O4S. The molecule has 8 heteroatoms. The predicted octanol–water partition coefficient (Wildman–Crippen LogP) is 3.36. The minimum absolute atomic E-state index is 0.205. The van der Waals surface area contributed by atoms with Crippen LogP contribution in [0.1, 0.15) is 31.4 Å². The fraction of sp³-hybridized carbons (Fsp3) is 0.150. The van der Waals surface area contributed by atoms with E-state index in [9.17, 15) is 9.59 Å². The lowest BCUT2D eigenvalue weighted by molar-refractivity contribution is 0.0951. The molecule has 4 rings (SSSR count). The van der Waals surface area contributed by atoms with Gasteiger partial charge in [-0.15, -0.1) is 11.3 Å². The van der Waals surface area contributed by atoms with Crippen LogP contribution in [0.25, 0.3) is 0 Å². The summed E-state index contributed by atoms with van der Waals surface area (Å²) in [6.45, 7) is 2.36. The van der Waals surface area contributed by atoms with Gasteiger partial charge >= 0.3 is 0 Å². The third kappa shape index (κ3) is 3.81. The second kappa shape index (κ2) is 7.69. The van der Waals surface area contributed by atoms with Crippen LogP contribution in [0.5, 0.6) is 11.5 Å². The summed E-state index contributed by atoms with van der Waals surface area (Å²) < 4.78 is 10.6. The smallest absolute Gasteiger partial charge is 0.275 e. The standard InChI is InChI=1S/C20H17N3O4S/c1-12-22-16(10-28-12)20(25)23-15-5-3-2-4-14(15)19(24)21-9-13-6-7-17-18(8-13)27-11-26-17/h2-8,10H,9,11H2,1H3,(H,21,24)(H,23,25). The Balaban J connectivity index is 1.45. The van der Waals surface area contributed by atoms with E-state index in [4.69, 9.17) is 9.47 Å². The molecule has 1 aromatic heterocycles. The predicted molar refractivity (Wildman–Crippen MR) is 105 cm³/mol. The molecule has 2 amide bonds.